The van der Waals surface area contributed by atoms with Crippen LogP contribution in [0.1, 0.15) is 12.8 Å². The van der Waals surface area contributed by atoms with Crippen LogP contribution in [-0.4, -0.2) is 23.2 Å². The van der Waals surface area contributed by atoms with Crippen LogP contribution in [-0.2, 0) is 4.79 Å². The molecule has 0 aromatic rings. The smallest absolute Gasteiger partial charge is 0.320 e. The zero-order valence-corrected chi connectivity index (χ0v) is 7.97. The minimum Gasteiger partial charge on any atom is -0.480 e. The summed E-state index contributed by atoms with van der Waals surface area (Å²) < 4.78 is 0. The maximum absolute atomic E-state index is 10.4. The summed E-state index contributed by atoms with van der Waals surface area (Å²) in [5.74, 6) is -0.661. The van der Waals surface area contributed by atoms with Crippen molar-refractivity contribution in [2.75, 3.05) is 0 Å². The average Bonchev–Trinajstić information content (AvgIpc) is 2.16. The molecule has 4 heteroatoms. The molecule has 0 saturated carbocycles. The molecule has 0 saturated heterocycles. The molecule has 0 amide bonds. The number of carboxylic acids is 1. The lowest BCUT2D eigenvalue weighted by Gasteiger charge is -2.14. The van der Waals surface area contributed by atoms with Crippen molar-refractivity contribution in [3.8, 4) is 0 Å². The van der Waals surface area contributed by atoms with Gasteiger partial charge in [-0.25, -0.2) is 0 Å². The maximum Gasteiger partial charge on any atom is 0.320 e. The van der Waals surface area contributed by atoms with E-state index in [1.54, 1.807) is 0 Å². The Morgan fingerprint density at radius 2 is 1.93 bits per heavy atom. The van der Waals surface area contributed by atoms with E-state index in [2.05, 4.69) is 0 Å². The summed E-state index contributed by atoms with van der Waals surface area (Å²) in [5.41, 5.74) is 11.0. The zero-order valence-electron chi connectivity index (χ0n) is 7.97. The highest BCUT2D eigenvalue weighted by Gasteiger charge is 2.13. The van der Waals surface area contributed by atoms with Gasteiger partial charge >= 0.3 is 5.97 Å². The fourth-order valence-corrected chi connectivity index (χ4v) is 1.36. The number of hydrogen-bond donors (Lipinski definition) is 3. The van der Waals surface area contributed by atoms with Crippen LogP contribution in [0.5, 0.6) is 0 Å². The lowest BCUT2D eigenvalue weighted by atomic mass is 9.95. The van der Waals surface area contributed by atoms with E-state index in [1.165, 1.54) is 0 Å². The molecule has 1 rings (SSSR count). The van der Waals surface area contributed by atoms with Crippen molar-refractivity contribution in [3.63, 3.8) is 0 Å². The number of carbonyl (C=O) groups is 1. The second kappa shape index (κ2) is 4.93. The van der Waals surface area contributed by atoms with E-state index in [0.717, 1.165) is 6.42 Å². The molecule has 0 fully saturated rings. The third-order valence-corrected chi connectivity index (χ3v) is 2.29. The Labute approximate surface area is 83.3 Å². The molecule has 0 radical (unpaired) electrons. The number of rotatable bonds is 4. The lowest BCUT2D eigenvalue weighted by molar-refractivity contribution is -0.138. The van der Waals surface area contributed by atoms with E-state index in [1.807, 2.05) is 24.3 Å². The topological polar surface area (TPSA) is 89.3 Å². The number of hydrogen-bond acceptors (Lipinski definition) is 3. The van der Waals surface area contributed by atoms with Crippen molar-refractivity contribution < 1.29 is 9.90 Å². The molecular formula is C10H16N2O2. The van der Waals surface area contributed by atoms with Gasteiger partial charge in [-0.1, -0.05) is 24.3 Å². The van der Waals surface area contributed by atoms with Gasteiger partial charge in [-0.15, -0.1) is 0 Å². The maximum atomic E-state index is 10.4. The molecule has 1 aliphatic carbocycles. The van der Waals surface area contributed by atoms with Gasteiger partial charge in [0.25, 0.3) is 0 Å². The van der Waals surface area contributed by atoms with E-state index in [4.69, 9.17) is 16.6 Å². The van der Waals surface area contributed by atoms with Gasteiger partial charge in [0.2, 0.25) is 0 Å². The van der Waals surface area contributed by atoms with Crippen LogP contribution in [0.2, 0.25) is 0 Å². The van der Waals surface area contributed by atoms with E-state index < -0.39 is 12.0 Å². The summed E-state index contributed by atoms with van der Waals surface area (Å²) >= 11 is 0. The van der Waals surface area contributed by atoms with Gasteiger partial charge in [-0.05, 0) is 18.8 Å². The highest BCUT2D eigenvalue weighted by atomic mass is 16.4. The van der Waals surface area contributed by atoms with Gasteiger partial charge in [-0.2, -0.15) is 0 Å². The Balaban J connectivity index is 2.29. The molecule has 1 aliphatic rings. The normalized spacial score (nSPS) is 27.6. The Morgan fingerprint density at radius 3 is 2.43 bits per heavy atom. The minimum atomic E-state index is -0.939. The molecule has 0 bridgehead atoms. The molecule has 78 valence electrons. The highest BCUT2D eigenvalue weighted by molar-refractivity contribution is 5.72. The van der Waals surface area contributed by atoms with Crippen LogP contribution < -0.4 is 11.5 Å². The van der Waals surface area contributed by atoms with Crippen molar-refractivity contribution in [1.29, 1.82) is 0 Å². The standard InChI is InChI=1S/C10H16N2O2/c11-8-4-1-7(2-5-8)3-6-9(12)10(13)14/h1-2,4-5,7-9H,3,6,11-12H2,(H,13,14)/t7?,8?,9-/m1/s1. The second-order valence-electron chi connectivity index (χ2n) is 3.53. The number of nitrogens with two attached hydrogens (primary N) is 2. The van der Waals surface area contributed by atoms with E-state index in [0.29, 0.717) is 6.42 Å². The Hall–Kier alpha value is -1.13. The van der Waals surface area contributed by atoms with Crippen LogP contribution in [0.3, 0.4) is 0 Å². The second-order valence-corrected chi connectivity index (χ2v) is 3.53. The van der Waals surface area contributed by atoms with Crippen LogP contribution in [0.4, 0.5) is 0 Å². The minimum absolute atomic E-state index is 0.000558. The molecule has 0 unspecified atom stereocenters. The van der Waals surface area contributed by atoms with Gasteiger partial charge in [0, 0.05) is 6.04 Å². The van der Waals surface area contributed by atoms with Crippen LogP contribution in [0, 0.1) is 5.92 Å². The van der Waals surface area contributed by atoms with E-state index in [9.17, 15) is 4.79 Å². The van der Waals surface area contributed by atoms with Crippen molar-refractivity contribution in [2.24, 2.45) is 17.4 Å². The molecule has 0 aliphatic heterocycles. The number of allylic oxidation sites excluding steroid dienone is 2. The molecule has 4 nitrogen and oxygen atoms in total. The predicted octanol–water partition coefficient (Wildman–Crippen LogP) is 0.248. The van der Waals surface area contributed by atoms with Crippen molar-refractivity contribution in [1.82, 2.24) is 0 Å². The summed E-state index contributed by atoms with van der Waals surface area (Å²) in [5, 5.41) is 8.57. The van der Waals surface area contributed by atoms with Crippen molar-refractivity contribution >= 4 is 5.97 Å². The molecule has 14 heavy (non-hydrogen) atoms. The average molecular weight is 196 g/mol. The van der Waals surface area contributed by atoms with Gasteiger partial charge in [0.05, 0.1) is 0 Å². The molecule has 0 heterocycles. The lowest BCUT2D eigenvalue weighted by Crippen LogP contribution is -2.30. The van der Waals surface area contributed by atoms with E-state index in [-0.39, 0.29) is 12.0 Å². The fourth-order valence-electron chi connectivity index (χ4n) is 1.36. The van der Waals surface area contributed by atoms with Crippen molar-refractivity contribution in [2.45, 2.75) is 24.9 Å². The third-order valence-electron chi connectivity index (χ3n) is 2.29. The highest BCUT2D eigenvalue weighted by Crippen LogP contribution is 2.15. The molecular weight excluding hydrogens is 180 g/mol. The quantitative estimate of drug-likeness (QED) is 0.562. The first kappa shape index (κ1) is 10.9. The van der Waals surface area contributed by atoms with Gasteiger partial charge in [0.1, 0.15) is 6.04 Å². The van der Waals surface area contributed by atoms with Gasteiger partial charge in [-0.3, -0.25) is 4.79 Å². The van der Waals surface area contributed by atoms with Crippen LogP contribution in [0.15, 0.2) is 24.3 Å². The molecule has 0 aromatic heterocycles. The third kappa shape index (κ3) is 3.32. The number of aliphatic carboxylic acids is 1. The van der Waals surface area contributed by atoms with Crippen LogP contribution >= 0.6 is 0 Å². The largest absolute Gasteiger partial charge is 0.480 e. The summed E-state index contributed by atoms with van der Waals surface area (Å²) in [6.07, 6.45) is 9.07. The number of carboxylic acid groups (broad SMARTS) is 1. The molecule has 0 aromatic carbocycles. The zero-order chi connectivity index (χ0) is 10.6. The molecule has 1 atom stereocenters. The monoisotopic (exact) mass is 196 g/mol. The Bertz CT molecular complexity index is 247. The van der Waals surface area contributed by atoms with Crippen molar-refractivity contribution in [3.05, 3.63) is 24.3 Å². The predicted molar refractivity (Wildman–Crippen MR) is 54.6 cm³/mol. The Morgan fingerprint density at radius 1 is 1.36 bits per heavy atom. The molecule has 0 spiro atoms. The summed E-state index contributed by atoms with van der Waals surface area (Å²) in [7, 11) is 0. The first-order chi connectivity index (χ1) is 6.59. The SMILES string of the molecule is NC1C=CC(CC[C@@H](N)C(=O)O)C=C1. The first-order valence-electron chi connectivity index (χ1n) is 4.70. The molecule has 5 N–H and O–H groups in total. The summed E-state index contributed by atoms with van der Waals surface area (Å²) in [6.45, 7) is 0. The first-order valence-corrected chi connectivity index (χ1v) is 4.70. The van der Waals surface area contributed by atoms with Crippen LogP contribution in [0.25, 0.3) is 0 Å². The van der Waals surface area contributed by atoms with Gasteiger partial charge in [0.15, 0.2) is 0 Å². The Kier molecular flexibility index (Phi) is 3.85. The van der Waals surface area contributed by atoms with Gasteiger partial charge < -0.3 is 16.6 Å². The summed E-state index contributed by atoms with van der Waals surface area (Å²) in [4.78, 5) is 10.4. The van der Waals surface area contributed by atoms with E-state index >= 15 is 0 Å². The fraction of sp³-hybridized carbons (Fsp3) is 0.500. The summed E-state index contributed by atoms with van der Waals surface area (Å²) in [6, 6.07) is -0.758.